The largest absolute Gasteiger partial charge is 0.497 e. The third kappa shape index (κ3) is 5.74. The first kappa shape index (κ1) is 20.3. The third-order valence-corrected chi connectivity index (χ3v) is 4.37. The number of hydrogen-bond acceptors (Lipinski definition) is 5. The Morgan fingerprint density at radius 3 is 2.33 bits per heavy atom. The highest BCUT2D eigenvalue weighted by Gasteiger charge is 2.13. The van der Waals surface area contributed by atoms with E-state index in [0.717, 1.165) is 17.0 Å². The Morgan fingerprint density at radius 1 is 1.07 bits per heavy atom. The lowest BCUT2D eigenvalue weighted by atomic mass is 10.1. The molecule has 0 heterocycles. The van der Waals surface area contributed by atoms with E-state index in [4.69, 9.17) is 9.47 Å². The van der Waals surface area contributed by atoms with Gasteiger partial charge in [0.2, 0.25) is 0 Å². The lowest BCUT2D eigenvalue weighted by molar-refractivity contribution is -0.140. The number of aromatic carboxylic acids is 1. The van der Waals surface area contributed by atoms with E-state index >= 15 is 0 Å². The van der Waals surface area contributed by atoms with Crippen molar-refractivity contribution < 1.29 is 24.2 Å². The second-order valence-electron chi connectivity index (χ2n) is 6.25. The highest BCUT2D eigenvalue weighted by atomic mass is 16.5. The number of anilines is 1. The Bertz CT molecular complexity index is 786. The van der Waals surface area contributed by atoms with Crippen molar-refractivity contribution in [2.75, 3.05) is 25.7 Å². The zero-order valence-corrected chi connectivity index (χ0v) is 15.9. The normalized spacial score (nSPS) is 10.3. The highest BCUT2D eigenvalue weighted by molar-refractivity contribution is 5.89. The minimum atomic E-state index is -0.938. The molecule has 27 heavy (non-hydrogen) atoms. The molecule has 6 heteroatoms. The molecule has 0 atom stereocenters. The van der Waals surface area contributed by atoms with Gasteiger partial charge in [0, 0.05) is 25.2 Å². The standard InChI is InChI=1S/C21H25NO5/c1-15-13-17(8-11-19(15)21(24)25)22(12-4-5-20(23)27-3)14-16-6-9-18(26-2)10-7-16/h6-11,13H,4-5,12,14H2,1-3H3,(H,24,25). The zero-order valence-electron chi connectivity index (χ0n) is 15.9. The van der Waals surface area contributed by atoms with Crippen LogP contribution < -0.4 is 9.64 Å². The van der Waals surface area contributed by atoms with Crippen molar-refractivity contribution in [1.29, 1.82) is 0 Å². The van der Waals surface area contributed by atoms with E-state index in [1.165, 1.54) is 7.11 Å². The first-order valence-electron chi connectivity index (χ1n) is 8.73. The van der Waals surface area contributed by atoms with Crippen LogP contribution in [0.1, 0.15) is 34.3 Å². The summed E-state index contributed by atoms with van der Waals surface area (Å²) in [4.78, 5) is 24.8. The predicted octanol–water partition coefficient (Wildman–Crippen LogP) is 3.66. The zero-order chi connectivity index (χ0) is 19.8. The number of carboxylic acids is 1. The summed E-state index contributed by atoms with van der Waals surface area (Å²) in [7, 11) is 3.01. The van der Waals surface area contributed by atoms with Crippen LogP contribution in [0.15, 0.2) is 42.5 Å². The molecule has 0 aliphatic carbocycles. The molecule has 0 bridgehead atoms. The predicted molar refractivity (Wildman–Crippen MR) is 103 cm³/mol. The molecule has 2 aromatic carbocycles. The maximum Gasteiger partial charge on any atom is 0.335 e. The second-order valence-corrected chi connectivity index (χ2v) is 6.25. The van der Waals surface area contributed by atoms with Gasteiger partial charge in [-0.3, -0.25) is 4.79 Å². The molecule has 0 saturated carbocycles. The maximum atomic E-state index is 11.4. The van der Waals surface area contributed by atoms with Crippen molar-refractivity contribution in [1.82, 2.24) is 0 Å². The summed E-state index contributed by atoms with van der Waals surface area (Å²) >= 11 is 0. The Balaban J connectivity index is 2.21. The Morgan fingerprint density at radius 2 is 1.78 bits per heavy atom. The molecule has 0 unspecified atom stereocenters. The number of carbonyl (C=O) groups is 2. The van der Waals surface area contributed by atoms with E-state index in [1.807, 2.05) is 30.3 Å². The maximum absolute atomic E-state index is 11.4. The number of methoxy groups -OCH3 is 2. The van der Waals surface area contributed by atoms with Crippen molar-refractivity contribution in [3.05, 3.63) is 59.2 Å². The first-order chi connectivity index (χ1) is 12.9. The van der Waals surface area contributed by atoms with Gasteiger partial charge >= 0.3 is 11.9 Å². The summed E-state index contributed by atoms with van der Waals surface area (Å²) in [6.45, 7) is 3.07. The quantitative estimate of drug-likeness (QED) is 0.678. The molecule has 2 aromatic rings. The highest BCUT2D eigenvalue weighted by Crippen LogP contribution is 2.23. The van der Waals surface area contributed by atoms with E-state index in [2.05, 4.69) is 4.90 Å². The molecule has 0 aromatic heterocycles. The van der Waals surface area contributed by atoms with Crippen molar-refractivity contribution in [2.24, 2.45) is 0 Å². The van der Waals surface area contributed by atoms with Crippen LogP contribution in [0.5, 0.6) is 5.75 Å². The fourth-order valence-electron chi connectivity index (χ4n) is 2.85. The number of rotatable bonds is 9. The van der Waals surface area contributed by atoms with Crippen molar-refractivity contribution in [2.45, 2.75) is 26.3 Å². The van der Waals surface area contributed by atoms with Gasteiger partial charge in [-0.25, -0.2) is 4.79 Å². The Hall–Kier alpha value is -3.02. The van der Waals surface area contributed by atoms with Crippen molar-refractivity contribution in [3.63, 3.8) is 0 Å². The van der Waals surface area contributed by atoms with Gasteiger partial charge in [-0.05, 0) is 54.8 Å². The van der Waals surface area contributed by atoms with Gasteiger partial charge in [-0.2, -0.15) is 0 Å². The number of esters is 1. The molecule has 0 spiro atoms. The number of ether oxygens (including phenoxy) is 2. The molecular formula is C21H25NO5. The van der Waals surface area contributed by atoms with E-state index < -0.39 is 5.97 Å². The van der Waals surface area contributed by atoms with Gasteiger partial charge < -0.3 is 19.5 Å². The number of aryl methyl sites for hydroxylation is 1. The molecule has 0 aliphatic rings. The number of benzene rings is 2. The lowest BCUT2D eigenvalue weighted by Gasteiger charge is -2.26. The summed E-state index contributed by atoms with van der Waals surface area (Å²) in [6, 6.07) is 13.1. The minimum Gasteiger partial charge on any atom is -0.497 e. The molecule has 0 aliphatic heterocycles. The van der Waals surface area contributed by atoms with Gasteiger partial charge in [0.15, 0.2) is 0 Å². The van der Waals surface area contributed by atoms with Crippen LogP contribution >= 0.6 is 0 Å². The van der Waals surface area contributed by atoms with Crippen LogP contribution in [0.4, 0.5) is 5.69 Å². The van der Waals surface area contributed by atoms with Gasteiger partial charge in [0.1, 0.15) is 5.75 Å². The van der Waals surface area contributed by atoms with Crippen LogP contribution in [0, 0.1) is 6.92 Å². The molecule has 144 valence electrons. The van der Waals surface area contributed by atoms with Crippen LogP contribution in [-0.4, -0.2) is 37.8 Å². The topological polar surface area (TPSA) is 76.1 Å². The minimum absolute atomic E-state index is 0.239. The van der Waals surface area contributed by atoms with E-state index in [1.54, 1.807) is 26.2 Å². The van der Waals surface area contributed by atoms with Crippen LogP contribution in [0.3, 0.4) is 0 Å². The lowest BCUT2D eigenvalue weighted by Crippen LogP contribution is -2.25. The summed E-state index contributed by atoms with van der Waals surface area (Å²) in [5.41, 5.74) is 3.00. The van der Waals surface area contributed by atoms with E-state index in [9.17, 15) is 14.7 Å². The molecule has 6 nitrogen and oxygen atoms in total. The average molecular weight is 371 g/mol. The summed E-state index contributed by atoms with van der Waals surface area (Å²) in [5.74, 6) is -0.388. The van der Waals surface area contributed by atoms with E-state index in [-0.39, 0.29) is 11.5 Å². The fourth-order valence-corrected chi connectivity index (χ4v) is 2.85. The van der Waals surface area contributed by atoms with Crippen molar-refractivity contribution in [3.8, 4) is 5.75 Å². The number of nitrogens with zero attached hydrogens (tertiary/aromatic N) is 1. The monoisotopic (exact) mass is 371 g/mol. The van der Waals surface area contributed by atoms with Crippen LogP contribution in [0.2, 0.25) is 0 Å². The number of carbonyl (C=O) groups excluding carboxylic acids is 1. The Labute approximate surface area is 159 Å². The van der Waals surface area contributed by atoms with Crippen LogP contribution in [-0.2, 0) is 16.1 Å². The molecule has 0 radical (unpaired) electrons. The van der Waals surface area contributed by atoms with Gasteiger partial charge in [-0.1, -0.05) is 12.1 Å². The molecule has 2 rings (SSSR count). The SMILES string of the molecule is COC(=O)CCCN(Cc1ccc(OC)cc1)c1ccc(C(=O)O)c(C)c1. The average Bonchev–Trinajstić information content (AvgIpc) is 2.67. The molecule has 0 amide bonds. The van der Waals surface area contributed by atoms with Crippen molar-refractivity contribution >= 4 is 17.6 Å². The molecule has 1 N–H and O–H groups in total. The second kappa shape index (κ2) is 9.62. The van der Waals surface area contributed by atoms with E-state index in [0.29, 0.717) is 31.5 Å². The first-order valence-corrected chi connectivity index (χ1v) is 8.73. The fraction of sp³-hybridized carbons (Fsp3) is 0.333. The smallest absolute Gasteiger partial charge is 0.335 e. The molecule has 0 fully saturated rings. The third-order valence-electron chi connectivity index (χ3n) is 4.37. The Kier molecular flexibility index (Phi) is 7.23. The molecule has 0 saturated heterocycles. The van der Waals surface area contributed by atoms with Gasteiger partial charge in [-0.15, -0.1) is 0 Å². The summed E-state index contributed by atoms with van der Waals surface area (Å²) in [6.07, 6.45) is 0.977. The van der Waals surface area contributed by atoms with Gasteiger partial charge in [0.05, 0.1) is 19.8 Å². The summed E-state index contributed by atoms with van der Waals surface area (Å²) < 4.78 is 9.90. The number of hydrogen-bond donors (Lipinski definition) is 1. The molecular weight excluding hydrogens is 346 g/mol. The summed E-state index contributed by atoms with van der Waals surface area (Å²) in [5, 5.41) is 9.23. The number of carboxylic acid groups (broad SMARTS) is 1. The van der Waals surface area contributed by atoms with Crippen LogP contribution in [0.25, 0.3) is 0 Å². The van der Waals surface area contributed by atoms with Gasteiger partial charge in [0.25, 0.3) is 0 Å².